The van der Waals surface area contributed by atoms with Gasteiger partial charge in [0.05, 0.1) is 34.0 Å². The number of carbonyl (C=O) groups is 3. The van der Waals surface area contributed by atoms with E-state index < -0.39 is 53.2 Å². The summed E-state index contributed by atoms with van der Waals surface area (Å²) in [6, 6.07) is 9.82. The average Bonchev–Trinajstić information content (AvgIpc) is 3.71. The standard InChI is InChI=1S/C39H39F6N9O5/c1-50-34-28(5-3-6-29(34)54(37(50)58)30-12-13-33(55)48-36(30)57)52-16-14-51(15-17-52)20-22-8-10-24(11-9-22)53-21-23-18-27(31(19-26(23)49-53)59-39(43,44)45)47-35(56)25-4-2-7-32(46-25)38(40,41)42/h2-7,18-19,21-22,24,30H,8-17,20H2,1H3,(H,47,56)(H,48,55,57)/t22-,24-,30?. The van der Waals surface area contributed by atoms with Gasteiger partial charge in [-0.25, -0.2) is 9.78 Å². The molecule has 1 atom stereocenters. The second-order valence-electron chi connectivity index (χ2n) is 15.2. The number of amides is 3. The van der Waals surface area contributed by atoms with Crippen LogP contribution in [0, 0.1) is 5.92 Å². The van der Waals surface area contributed by atoms with E-state index in [0.717, 1.165) is 87.8 Å². The van der Waals surface area contributed by atoms with Crippen molar-refractivity contribution in [3.63, 3.8) is 0 Å². The molecule has 3 amide bonds. The van der Waals surface area contributed by atoms with Crippen LogP contribution in [0.3, 0.4) is 0 Å². The molecule has 2 saturated heterocycles. The molecule has 0 spiro atoms. The molecule has 2 aromatic carbocycles. The zero-order valence-electron chi connectivity index (χ0n) is 31.6. The molecule has 3 aliphatic rings. The van der Waals surface area contributed by atoms with Crippen molar-refractivity contribution in [1.82, 2.24) is 34.1 Å². The van der Waals surface area contributed by atoms with E-state index in [1.165, 1.54) is 10.6 Å². The number of alkyl halides is 6. The number of nitrogens with zero attached hydrogens (tertiary/aromatic N) is 7. The lowest BCUT2D eigenvalue weighted by Crippen LogP contribution is -2.48. The van der Waals surface area contributed by atoms with Gasteiger partial charge in [0.25, 0.3) is 5.91 Å². The van der Waals surface area contributed by atoms with E-state index in [-0.39, 0.29) is 36.0 Å². The number of hydrogen-bond acceptors (Lipinski definition) is 9. The molecule has 20 heteroatoms. The summed E-state index contributed by atoms with van der Waals surface area (Å²) in [6.45, 7) is 3.94. The van der Waals surface area contributed by atoms with Crippen molar-refractivity contribution < 1.29 is 45.5 Å². The van der Waals surface area contributed by atoms with Gasteiger partial charge in [-0.1, -0.05) is 12.1 Å². The van der Waals surface area contributed by atoms with Crippen LogP contribution in [0.25, 0.3) is 21.9 Å². The largest absolute Gasteiger partial charge is 0.573 e. The van der Waals surface area contributed by atoms with Crippen molar-refractivity contribution in [3.05, 3.63) is 76.6 Å². The number of piperidine rings is 1. The number of fused-ring (bicyclic) bond motifs is 2. The quantitative estimate of drug-likeness (QED) is 0.147. The van der Waals surface area contributed by atoms with E-state index in [1.807, 2.05) is 18.2 Å². The summed E-state index contributed by atoms with van der Waals surface area (Å²) in [6.07, 6.45) is -4.54. The molecule has 5 aromatic rings. The van der Waals surface area contributed by atoms with Gasteiger partial charge < -0.3 is 15.0 Å². The highest BCUT2D eigenvalue weighted by Gasteiger charge is 2.36. The van der Waals surface area contributed by atoms with Crippen molar-refractivity contribution in [1.29, 1.82) is 0 Å². The number of aromatic nitrogens is 5. The Bertz CT molecular complexity index is 2490. The number of para-hydroxylation sites is 1. The third-order valence-corrected chi connectivity index (χ3v) is 11.4. The minimum atomic E-state index is -5.13. The highest BCUT2D eigenvalue weighted by Crippen LogP contribution is 2.38. The number of pyridine rings is 1. The van der Waals surface area contributed by atoms with E-state index in [1.54, 1.807) is 22.5 Å². The lowest BCUT2D eigenvalue weighted by Gasteiger charge is -2.39. The number of aryl methyl sites for hydroxylation is 1. The van der Waals surface area contributed by atoms with Crippen molar-refractivity contribution in [2.24, 2.45) is 13.0 Å². The Kier molecular flexibility index (Phi) is 10.4. The zero-order valence-corrected chi connectivity index (χ0v) is 31.6. The summed E-state index contributed by atoms with van der Waals surface area (Å²) in [4.78, 5) is 58.7. The Hall–Kier alpha value is -5.92. The maximum Gasteiger partial charge on any atom is 0.573 e. The maximum atomic E-state index is 13.4. The van der Waals surface area contributed by atoms with Crippen molar-refractivity contribution >= 4 is 51.0 Å². The Balaban J connectivity index is 0.900. The molecule has 3 aromatic heterocycles. The number of piperazine rings is 1. The number of halogens is 6. The molecule has 2 N–H and O–H groups in total. The van der Waals surface area contributed by atoms with E-state index in [4.69, 9.17) is 0 Å². The van der Waals surface area contributed by atoms with Crippen LogP contribution in [-0.2, 0) is 22.8 Å². The molecule has 8 rings (SSSR count). The monoisotopic (exact) mass is 827 g/mol. The normalized spacial score (nSPS) is 20.9. The topological polar surface area (TPSA) is 149 Å². The minimum Gasteiger partial charge on any atom is -0.403 e. The number of imidazole rings is 1. The van der Waals surface area contributed by atoms with Crippen LogP contribution < -0.4 is 26.0 Å². The van der Waals surface area contributed by atoms with Gasteiger partial charge in [0.1, 0.15) is 17.4 Å². The van der Waals surface area contributed by atoms with E-state index in [9.17, 15) is 45.5 Å². The van der Waals surface area contributed by atoms with Crippen LogP contribution in [0.2, 0.25) is 0 Å². The first kappa shape index (κ1) is 39.9. The molecule has 1 aliphatic carbocycles. The number of imide groups is 1. The van der Waals surface area contributed by atoms with Gasteiger partial charge in [0.2, 0.25) is 11.8 Å². The third kappa shape index (κ3) is 8.22. The van der Waals surface area contributed by atoms with Crippen LogP contribution in [0.1, 0.15) is 66.8 Å². The summed E-state index contributed by atoms with van der Waals surface area (Å²) < 4.78 is 88.6. The fourth-order valence-electron chi connectivity index (χ4n) is 8.50. The molecule has 0 bridgehead atoms. The molecular formula is C39H39F6N9O5. The summed E-state index contributed by atoms with van der Waals surface area (Å²) in [5.74, 6) is -2.34. The first-order chi connectivity index (χ1) is 28.0. The Morgan fingerprint density at radius 2 is 1.66 bits per heavy atom. The molecule has 14 nitrogen and oxygen atoms in total. The van der Waals surface area contributed by atoms with Gasteiger partial charge in [-0.2, -0.15) is 18.3 Å². The highest BCUT2D eigenvalue weighted by molar-refractivity contribution is 6.05. The second-order valence-corrected chi connectivity index (χ2v) is 15.2. The van der Waals surface area contributed by atoms with Crippen LogP contribution in [0.4, 0.5) is 37.7 Å². The molecule has 1 unspecified atom stereocenters. The van der Waals surface area contributed by atoms with Gasteiger partial charge in [-0.15, -0.1) is 13.2 Å². The van der Waals surface area contributed by atoms with Crippen LogP contribution in [0.5, 0.6) is 5.75 Å². The first-order valence-corrected chi connectivity index (χ1v) is 19.2. The lowest BCUT2D eigenvalue weighted by molar-refractivity contribution is -0.274. The lowest BCUT2D eigenvalue weighted by atomic mass is 9.85. The van der Waals surface area contributed by atoms with Gasteiger partial charge in [-0.3, -0.25) is 38.4 Å². The first-order valence-electron chi connectivity index (χ1n) is 19.2. The summed E-state index contributed by atoms with van der Waals surface area (Å²) in [7, 11) is 1.69. The highest BCUT2D eigenvalue weighted by atomic mass is 19.4. The smallest absolute Gasteiger partial charge is 0.403 e. The fourth-order valence-corrected chi connectivity index (χ4v) is 8.50. The molecule has 2 aliphatic heterocycles. The van der Waals surface area contributed by atoms with Crippen LogP contribution in [0.15, 0.2) is 59.5 Å². The van der Waals surface area contributed by atoms with Gasteiger partial charge in [-0.05, 0) is 68.4 Å². The molecule has 0 radical (unpaired) electrons. The van der Waals surface area contributed by atoms with Crippen molar-refractivity contribution in [3.8, 4) is 5.75 Å². The van der Waals surface area contributed by atoms with E-state index in [2.05, 4.69) is 35.3 Å². The number of anilines is 2. The van der Waals surface area contributed by atoms with Crippen molar-refractivity contribution in [2.45, 2.75) is 63.1 Å². The zero-order chi connectivity index (χ0) is 41.8. The number of hydrogen-bond donors (Lipinski definition) is 2. The van der Waals surface area contributed by atoms with E-state index in [0.29, 0.717) is 22.9 Å². The summed E-state index contributed by atoms with van der Waals surface area (Å²) in [5, 5.41) is 9.50. The number of rotatable bonds is 8. The van der Waals surface area contributed by atoms with Gasteiger partial charge in [0.15, 0.2) is 5.75 Å². The SMILES string of the molecule is Cn1c(=O)n(C2CCC(=O)NC2=O)c2cccc(N3CCN(C[C@H]4CC[C@H](n5cc6cc(NC(=O)c7cccc(C(F)(F)F)n7)c(OC(F)(F)F)cc6n5)CC4)CC3)c21. The summed E-state index contributed by atoms with van der Waals surface area (Å²) >= 11 is 0. The maximum absolute atomic E-state index is 13.4. The molecule has 59 heavy (non-hydrogen) atoms. The van der Waals surface area contributed by atoms with Gasteiger partial charge >= 0.3 is 18.2 Å². The minimum absolute atomic E-state index is 0.0329. The number of ether oxygens (including phenoxy) is 1. The number of nitrogens with one attached hydrogen (secondary N) is 2. The molecule has 5 heterocycles. The fraction of sp³-hybridized carbons (Fsp3) is 0.436. The second kappa shape index (κ2) is 15.4. The Morgan fingerprint density at radius 3 is 2.36 bits per heavy atom. The van der Waals surface area contributed by atoms with Gasteiger partial charge in [0, 0.05) is 63.8 Å². The van der Waals surface area contributed by atoms with E-state index >= 15 is 0 Å². The summed E-state index contributed by atoms with van der Waals surface area (Å²) in [5.41, 5.74) is -0.233. The number of benzene rings is 2. The van der Waals surface area contributed by atoms with Crippen LogP contribution in [-0.4, -0.2) is 85.6 Å². The molecule has 312 valence electrons. The predicted octanol–water partition coefficient (Wildman–Crippen LogP) is 5.79. The third-order valence-electron chi connectivity index (χ3n) is 11.4. The average molecular weight is 828 g/mol. The van der Waals surface area contributed by atoms with Crippen LogP contribution >= 0.6 is 0 Å². The molecular weight excluding hydrogens is 788 g/mol. The number of carbonyl (C=O) groups excluding carboxylic acids is 3. The molecule has 1 saturated carbocycles. The predicted molar refractivity (Wildman–Crippen MR) is 202 cm³/mol. The Labute approximate surface area is 331 Å². The van der Waals surface area contributed by atoms with Crippen molar-refractivity contribution in [2.75, 3.05) is 42.9 Å². The molecule has 3 fully saturated rings. The Morgan fingerprint density at radius 1 is 0.932 bits per heavy atom.